The lowest BCUT2D eigenvalue weighted by Gasteiger charge is -2.09. The molecule has 0 bridgehead atoms. The molecule has 0 unspecified atom stereocenters. The normalized spacial score (nSPS) is 9.08. The lowest BCUT2D eigenvalue weighted by molar-refractivity contribution is -0.129. The quantitative estimate of drug-likeness (QED) is 0.736. The van der Waals surface area contributed by atoms with Crippen LogP contribution in [0.5, 0.6) is 0 Å². The Bertz CT molecular complexity index is 284. The average Bonchev–Trinajstić information content (AvgIpc) is 2.35. The van der Waals surface area contributed by atoms with E-state index in [1.807, 2.05) is 0 Å². The van der Waals surface area contributed by atoms with Crippen molar-refractivity contribution in [3.05, 3.63) is 12.4 Å². The second-order valence-corrected chi connectivity index (χ2v) is 2.76. The number of hydrogen-bond donors (Lipinski definition) is 1. The molecule has 0 atom stereocenters. The monoisotopic (exact) mass is 204 g/mol. The molecule has 0 aliphatic heterocycles. The van der Waals surface area contributed by atoms with Crippen molar-refractivity contribution in [2.75, 3.05) is 19.8 Å². The number of anilines is 1. The second-order valence-electron chi connectivity index (χ2n) is 2.76. The SMILES string of the molecule is CN(C)C(=O)Cn1cc(N)cn1.Cl. The second kappa shape index (κ2) is 4.71. The minimum Gasteiger partial charge on any atom is -0.396 e. The van der Waals surface area contributed by atoms with Gasteiger partial charge in [-0.25, -0.2) is 0 Å². The number of amides is 1. The highest BCUT2D eigenvalue weighted by atomic mass is 35.5. The highest BCUT2D eigenvalue weighted by Gasteiger charge is 2.04. The fraction of sp³-hybridized carbons (Fsp3) is 0.429. The summed E-state index contributed by atoms with van der Waals surface area (Å²) in [6.45, 7) is 0.240. The zero-order chi connectivity index (χ0) is 9.14. The summed E-state index contributed by atoms with van der Waals surface area (Å²) in [5.41, 5.74) is 5.99. The minimum atomic E-state index is -0.00176. The number of halogens is 1. The molecule has 0 aromatic carbocycles. The van der Waals surface area contributed by atoms with Gasteiger partial charge in [0.2, 0.25) is 5.91 Å². The molecule has 2 N–H and O–H groups in total. The highest BCUT2D eigenvalue weighted by Crippen LogP contribution is 1.97. The van der Waals surface area contributed by atoms with Crippen LogP contribution in [0.2, 0.25) is 0 Å². The number of rotatable bonds is 2. The van der Waals surface area contributed by atoms with Crippen molar-refractivity contribution >= 4 is 24.0 Å². The molecule has 1 aromatic heterocycles. The summed E-state index contributed by atoms with van der Waals surface area (Å²) in [4.78, 5) is 12.7. The largest absolute Gasteiger partial charge is 0.396 e. The molecule has 0 radical (unpaired) electrons. The first-order valence-electron chi connectivity index (χ1n) is 3.57. The van der Waals surface area contributed by atoms with Gasteiger partial charge in [-0.15, -0.1) is 12.4 Å². The Labute approximate surface area is 82.9 Å². The maximum atomic E-state index is 11.1. The third kappa shape index (κ3) is 3.33. The van der Waals surface area contributed by atoms with Crippen LogP contribution in [0.25, 0.3) is 0 Å². The predicted octanol–water partition coefficient (Wildman–Crippen LogP) is -0.0247. The zero-order valence-corrected chi connectivity index (χ0v) is 8.41. The maximum Gasteiger partial charge on any atom is 0.243 e. The van der Waals surface area contributed by atoms with Gasteiger partial charge < -0.3 is 10.6 Å². The predicted molar refractivity (Wildman–Crippen MR) is 52.6 cm³/mol. The molecule has 1 amide bonds. The molecular weight excluding hydrogens is 192 g/mol. The first kappa shape index (κ1) is 11.8. The highest BCUT2D eigenvalue weighted by molar-refractivity contribution is 5.85. The van der Waals surface area contributed by atoms with Gasteiger partial charge in [-0.2, -0.15) is 5.10 Å². The van der Waals surface area contributed by atoms with Crippen molar-refractivity contribution < 1.29 is 4.79 Å². The Balaban J connectivity index is 0.00000144. The van der Waals surface area contributed by atoms with Gasteiger partial charge >= 0.3 is 0 Å². The van der Waals surface area contributed by atoms with E-state index in [2.05, 4.69) is 5.10 Å². The van der Waals surface area contributed by atoms with Gasteiger partial charge in [-0.3, -0.25) is 9.48 Å². The van der Waals surface area contributed by atoms with Crippen LogP contribution in [-0.4, -0.2) is 34.7 Å². The van der Waals surface area contributed by atoms with Gasteiger partial charge in [0.15, 0.2) is 0 Å². The lowest BCUT2D eigenvalue weighted by Crippen LogP contribution is -2.26. The molecule has 0 saturated carbocycles. The number of carbonyl (C=O) groups is 1. The molecule has 13 heavy (non-hydrogen) atoms. The number of hydrogen-bond acceptors (Lipinski definition) is 3. The molecule has 0 saturated heterocycles. The van der Waals surface area contributed by atoms with Crippen molar-refractivity contribution in [3.63, 3.8) is 0 Å². The van der Waals surface area contributed by atoms with Gasteiger partial charge in [0.1, 0.15) is 6.54 Å². The summed E-state index contributed by atoms with van der Waals surface area (Å²) in [5, 5.41) is 3.88. The van der Waals surface area contributed by atoms with Gasteiger partial charge in [0, 0.05) is 20.3 Å². The van der Waals surface area contributed by atoms with Crippen LogP contribution in [0.4, 0.5) is 5.69 Å². The number of carbonyl (C=O) groups excluding carboxylic acids is 1. The van der Waals surface area contributed by atoms with E-state index in [9.17, 15) is 4.79 Å². The molecule has 74 valence electrons. The molecule has 5 nitrogen and oxygen atoms in total. The first-order valence-corrected chi connectivity index (χ1v) is 3.57. The Morgan fingerprint density at radius 2 is 2.31 bits per heavy atom. The molecule has 1 rings (SSSR count). The summed E-state index contributed by atoms with van der Waals surface area (Å²) >= 11 is 0. The fourth-order valence-corrected chi connectivity index (χ4v) is 0.746. The van der Waals surface area contributed by atoms with E-state index in [-0.39, 0.29) is 24.9 Å². The molecule has 0 aliphatic rings. The van der Waals surface area contributed by atoms with Gasteiger partial charge in [0.25, 0.3) is 0 Å². The summed E-state index contributed by atoms with van der Waals surface area (Å²) in [6, 6.07) is 0. The third-order valence-electron chi connectivity index (χ3n) is 1.45. The van der Waals surface area contributed by atoms with E-state index in [1.54, 1.807) is 20.3 Å². The van der Waals surface area contributed by atoms with Crippen molar-refractivity contribution in [2.45, 2.75) is 6.54 Å². The Morgan fingerprint density at radius 3 is 2.69 bits per heavy atom. The van der Waals surface area contributed by atoms with Crippen LogP contribution < -0.4 is 5.73 Å². The van der Waals surface area contributed by atoms with Crippen LogP contribution in [0, 0.1) is 0 Å². The van der Waals surface area contributed by atoms with Crippen LogP contribution in [0.3, 0.4) is 0 Å². The molecule has 0 fully saturated rings. The van der Waals surface area contributed by atoms with Crippen molar-refractivity contribution in [2.24, 2.45) is 0 Å². The van der Waals surface area contributed by atoms with E-state index in [4.69, 9.17) is 5.73 Å². The molecule has 1 heterocycles. The Hall–Kier alpha value is -1.23. The number of nitrogen functional groups attached to an aromatic ring is 1. The molecule has 0 aliphatic carbocycles. The topological polar surface area (TPSA) is 64.2 Å². The smallest absolute Gasteiger partial charge is 0.243 e. The summed E-state index contributed by atoms with van der Waals surface area (Å²) in [6.07, 6.45) is 3.14. The van der Waals surface area contributed by atoms with E-state index < -0.39 is 0 Å². The molecular formula is C7H13ClN4O. The summed E-state index contributed by atoms with van der Waals surface area (Å²) in [7, 11) is 3.41. The number of nitrogens with two attached hydrogens (primary N) is 1. The van der Waals surface area contributed by atoms with Gasteiger partial charge in [-0.05, 0) is 0 Å². The fourth-order valence-electron chi connectivity index (χ4n) is 0.746. The van der Waals surface area contributed by atoms with Gasteiger partial charge in [-0.1, -0.05) is 0 Å². The molecule has 0 spiro atoms. The van der Waals surface area contributed by atoms with E-state index in [0.717, 1.165) is 0 Å². The Kier molecular flexibility index (Phi) is 4.27. The van der Waals surface area contributed by atoms with Crippen LogP contribution in [-0.2, 0) is 11.3 Å². The van der Waals surface area contributed by atoms with Crippen molar-refractivity contribution in [3.8, 4) is 0 Å². The molecule has 6 heteroatoms. The number of aromatic nitrogens is 2. The summed E-state index contributed by atoms with van der Waals surface area (Å²) in [5.74, 6) is -0.00176. The summed E-state index contributed by atoms with van der Waals surface area (Å²) < 4.78 is 1.51. The van der Waals surface area contributed by atoms with Crippen molar-refractivity contribution in [1.29, 1.82) is 0 Å². The van der Waals surface area contributed by atoms with E-state index in [0.29, 0.717) is 5.69 Å². The number of nitrogens with zero attached hydrogens (tertiary/aromatic N) is 3. The zero-order valence-electron chi connectivity index (χ0n) is 7.60. The first-order chi connectivity index (χ1) is 5.59. The third-order valence-corrected chi connectivity index (χ3v) is 1.45. The van der Waals surface area contributed by atoms with E-state index in [1.165, 1.54) is 15.8 Å². The van der Waals surface area contributed by atoms with Gasteiger partial charge in [0.05, 0.1) is 11.9 Å². The van der Waals surface area contributed by atoms with Crippen LogP contribution >= 0.6 is 12.4 Å². The Morgan fingerprint density at radius 1 is 1.69 bits per heavy atom. The minimum absolute atomic E-state index is 0. The molecule has 1 aromatic rings. The van der Waals surface area contributed by atoms with Crippen LogP contribution in [0.15, 0.2) is 12.4 Å². The van der Waals surface area contributed by atoms with Crippen molar-refractivity contribution in [1.82, 2.24) is 14.7 Å². The van der Waals surface area contributed by atoms with E-state index >= 15 is 0 Å². The standard InChI is InChI=1S/C7H12N4O.ClH/c1-10(2)7(12)5-11-4-6(8)3-9-11;/h3-4H,5,8H2,1-2H3;1H. The average molecular weight is 205 g/mol. The number of likely N-dealkylation sites (N-methyl/N-ethyl adjacent to an activating group) is 1. The van der Waals surface area contributed by atoms with Crippen LogP contribution in [0.1, 0.15) is 0 Å². The maximum absolute atomic E-state index is 11.1. The lowest BCUT2D eigenvalue weighted by atomic mass is 10.5.